The molecule has 0 bridgehead atoms. The van der Waals surface area contributed by atoms with E-state index >= 15 is 0 Å². The number of amides is 1. The summed E-state index contributed by atoms with van der Waals surface area (Å²) in [5.74, 6) is -1.69. The van der Waals surface area contributed by atoms with Gasteiger partial charge in [0.05, 0.1) is 0 Å². The Kier molecular flexibility index (Phi) is 3.88. The predicted octanol–water partition coefficient (Wildman–Crippen LogP) is 0.00320. The smallest absolute Gasteiger partial charge is 0.347 e. The van der Waals surface area contributed by atoms with Gasteiger partial charge in [0.25, 0.3) is 0 Å². The summed E-state index contributed by atoms with van der Waals surface area (Å²) < 4.78 is 26.4. The second kappa shape index (κ2) is 5.27. The maximum atomic E-state index is 12.1. The van der Waals surface area contributed by atoms with Crippen LogP contribution in [0, 0.1) is 0 Å². The fraction of sp³-hybridized carbons (Fsp3) is 0.400. The van der Waals surface area contributed by atoms with Crippen LogP contribution in [0.15, 0.2) is 16.3 Å². The number of piperidine rings is 1. The number of rotatable bonds is 4. The van der Waals surface area contributed by atoms with Crippen molar-refractivity contribution in [3.05, 3.63) is 16.3 Å². The summed E-state index contributed by atoms with van der Waals surface area (Å²) in [5.41, 5.74) is 0. The third-order valence-corrected chi connectivity index (χ3v) is 5.24. The van der Waals surface area contributed by atoms with Gasteiger partial charge in [0, 0.05) is 6.54 Å². The molecule has 1 unspecified atom stereocenters. The summed E-state index contributed by atoms with van der Waals surface area (Å²) in [6.07, 6.45) is 1.08. The molecule has 2 rings (SSSR count). The summed E-state index contributed by atoms with van der Waals surface area (Å²) in [7, 11) is -4.01. The molecule has 0 radical (unpaired) electrons. The summed E-state index contributed by atoms with van der Waals surface area (Å²) in [6, 6.07) is 0.372. The van der Waals surface area contributed by atoms with Gasteiger partial charge in [-0.15, -0.1) is 11.3 Å². The zero-order valence-electron chi connectivity index (χ0n) is 9.75. The summed E-state index contributed by atoms with van der Waals surface area (Å²) >= 11 is 0.828. The monoisotopic (exact) mass is 304 g/mol. The van der Waals surface area contributed by atoms with Crippen LogP contribution in [0.5, 0.6) is 0 Å². The third kappa shape index (κ3) is 2.94. The zero-order valence-corrected chi connectivity index (χ0v) is 11.4. The average Bonchev–Trinajstić information content (AvgIpc) is 2.82. The molecule has 1 aliphatic heterocycles. The fourth-order valence-corrected chi connectivity index (χ4v) is 4.29. The Morgan fingerprint density at radius 3 is 2.89 bits per heavy atom. The molecule has 7 nitrogen and oxygen atoms in total. The zero-order chi connectivity index (χ0) is 14.0. The van der Waals surface area contributed by atoms with E-state index in [0.29, 0.717) is 19.4 Å². The van der Waals surface area contributed by atoms with Crippen molar-refractivity contribution in [2.24, 2.45) is 0 Å². The fourth-order valence-electron chi connectivity index (χ4n) is 1.80. The molecule has 19 heavy (non-hydrogen) atoms. The standard InChI is InChI=1S/C10H12N2O5S2/c13-9-6(2-1-4-11-9)12-19(16,17)7-3-5-18-8(7)10(14)15/h3,5-6,12H,1-2,4H2,(H,11,13)(H,14,15). The molecule has 0 saturated carbocycles. The molecule has 1 saturated heterocycles. The number of carboxylic acids is 1. The topological polar surface area (TPSA) is 113 Å². The number of thiophene rings is 1. The molecule has 0 aliphatic carbocycles. The van der Waals surface area contributed by atoms with Crippen molar-refractivity contribution >= 4 is 33.2 Å². The van der Waals surface area contributed by atoms with E-state index in [1.54, 1.807) is 0 Å². The lowest BCUT2D eigenvalue weighted by molar-refractivity contribution is -0.124. The lowest BCUT2D eigenvalue weighted by atomic mass is 10.1. The minimum absolute atomic E-state index is 0.260. The Balaban J connectivity index is 2.25. The lowest BCUT2D eigenvalue weighted by Gasteiger charge is -2.22. The van der Waals surface area contributed by atoms with E-state index in [1.807, 2.05) is 0 Å². The Morgan fingerprint density at radius 1 is 1.53 bits per heavy atom. The molecule has 1 amide bonds. The van der Waals surface area contributed by atoms with Gasteiger partial charge in [-0.3, -0.25) is 4.79 Å². The van der Waals surface area contributed by atoms with Gasteiger partial charge in [0.15, 0.2) is 0 Å². The highest BCUT2D eigenvalue weighted by Gasteiger charge is 2.30. The number of sulfonamides is 1. The van der Waals surface area contributed by atoms with Crippen molar-refractivity contribution in [1.29, 1.82) is 0 Å². The summed E-state index contributed by atoms with van der Waals surface area (Å²) in [6.45, 7) is 0.524. The minimum Gasteiger partial charge on any atom is -0.477 e. The molecule has 1 fully saturated rings. The van der Waals surface area contributed by atoms with Crippen molar-refractivity contribution in [1.82, 2.24) is 10.0 Å². The lowest BCUT2D eigenvalue weighted by Crippen LogP contribution is -2.50. The van der Waals surface area contributed by atoms with Crippen LogP contribution >= 0.6 is 11.3 Å². The van der Waals surface area contributed by atoms with Gasteiger partial charge in [-0.05, 0) is 24.3 Å². The van der Waals surface area contributed by atoms with Crippen LogP contribution in [-0.2, 0) is 14.8 Å². The Labute approximate surface area is 113 Å². The molecule has 1 atom stereocenters. The second-order valence-corrected chi connectivity index (χ2v) is 6.62. The van der Waals surface area contributed by atoms with Crippen LogP contribution in [0.25, 0.3) is 0 Å². The third-order valence-electron chi connectivity index (χ3n) is 2.70. The van der Waals surface area contributed by atoms with Crippen molar-refractivity contribution < 1.29 is 23.1 Å². The van der Waals surface area contributed by atoms with E-state index in [4.69, 9.17) is 5.11 Å². The number of carbonyl (C=O) groups excluding carboxylic acids is 1. The van der Waals surface area contributed by atoms with Crippen LogP contribution < -0.4 is 10.0 Å². The van der Waals surface area contributed by atoms with Gasteiger partial charge in [0.1, 0.15) is 15.8 Å². The molecule has 2 heterocycles. The van der Waals surface area contributed by atoms with Gasteiger partial charge in [-0.2, -0.15) is 4.72 Å². The highest BCUT2D eigenvalue weighted by molar-refractivity contribution is 7.89. The predicted molar refractivity (Wildman–Crippen MR) is 67.6 cm³/mol. The van der Waals surface area contributed by atoms with E-state index in [0.717, 1.165) is 11.3 Å². The normalized spacial score (nSPS) is 20.0. The van der Waals surface area contributed by atoms with Gasteiger partial charge >= 0.3 is 5.97 Å². The number of hydrogen-bond donors (Lipinski definition) is 3. The molecule has 1 aliphatic rings. The number of carboxylic acid groups (broad SMARTS) is 1. The number of aromatic carboxylic acids is 1. The van der Waals surface area contributed by atoms with Crippen molar-refractivity contribution in [2.75, 3.05) is 6.54 Å². The summed E-state index contributed by atoms with van der Waals surface area (Å²) in [5, 5.41) is 12.9. The van der Waals surface area contributed by atoms with E-state index in [1.165, 1.54) is 11.4 Å². The number of nitrogens with one attached hydrogen (secondary N) is 2. The van der Waals surface area contributed by atoms with Crippen LogP contribution in [0.4, 0.5) is 0 Å². The maximum absolute atomic E-state index is 12.1. The first kappa shape index (κ1) is 14.0. The van der Waals surface area contributed by atoms with Gasteiger partial charge in [-0.1, -0.05) is 0 Å². The first-order valence-electron chi connectivity index (χ1n) is 5.52. The van der Waals surface area contributed by atoms with Crippen LogP contribution in [0.1, 0.15) is 22.5 Å². The van der Waals surface area contributed by atoms with E-state index in [2.05, 4.69) is 10.0 Å². The van der Waals surface area contributed by atoms with E-state index in [-0.39, 0.29) is 15.7 Å². The molecule has 104 valence electrons. The molecule has 0 aromatic carbocycles. The SMILES string of the molecule is O=C(O)c1sccc1S(=O)(=O)NC1CCCNC1=O. The molecular formula is C10H12N2O5S2. The Hall–Kier alpha value is -1.45. The molecule has 9 heteroatoms. The molecule has 0 spiro atoms. The molecule has 3 N–H and O–H groups in total. The van der Waals surface area contributed by atoms with Crippen molar-refractivity contribution in [3.8, 4) is 0 Å². The van der Waals surface area contributed by atoms with Gasteiger partial charge in [-0.25, -0.2) is 13.2 Å². The van der Waals surface area contributed by atoms with Gasteiger partial charge < -0.3 is 10.4 Å². The second-order valence-electron chi connectivity index (χ2n) is 4.03. The van der Waals surface area contributed by atoms with Crippen LogP contribution in [0.2, 0.25) is 0 Å². The van der Waals surface area contributed by atoms with Gasteiger partial charge in [0.2, 0.25) is 15.9 Å². The number of hydrogen-bond acceptors (Lipinski definition) is 5. The highest BCUT2D eigenvalue weighted by atomic mass is 32.2. The van der Waals surface area contributed by atoms with Crippen LogP contribution in [0.3, 0.4) is 0 Å². The first-order valence-corrected chi connectivity index (χ1v) is 7.89. The van der Waals surface area contributed by atoms with E-state index < -0.39 is 22.0 Å². The highest BCUT2D eigenvalue weighted by Crippen LogP contribution is 2.22. The maximum Gasteiger partial charge on any atom is 0.347 e. The Morgan fingerprint density at radius 2 is 2.26 bits per heavy atom. The quantitative estimate of drug-likeness (QED) is 0.725. The van der Waals surface area contributed by atoms with Crippen molar-refractivity contribution in [3.63, 3.8) is 0 Å². The summed E-state index contributed by atoms with van der Waals surface area (Å²) in [4.78, 5) is 21.9. The average molecular weight is 304 g/mol. The molecule has 1 aromatic heterocycles. The molecular weight excluding hydrogens is 292 g/mol. The van der Waals surface area contributed by atoms with Crippen molar-refractivity contribution in [2.45, 2.75) is 23.8 Å². The van der Waals surface area contributed by atoms with Crippen LogP contribution in [-0.4, -0.2) is 38.0 Å². The molecule has 1 aromatic rings. The minimum atomic E-state index is -4.01. The first-order chi connectivity index (χ1) is 8.92. The Bertz CT molecular complexity index is 607. The van der Waals surface area contributed by atoms with E-state index in [9.17, 15) is 18.0 Å². The number of carbonyl (C=O) groups is 2. The largest absolute Gasteiger partial charge is 0.477 e.